The predicted octanol–water partition coefficient (Wildman–Crippen LogP) is 5.19. The molecule has 0 spiro atoms. The molecule has 0 saturated heterocycles. The van der Waals surface area contributed by atoms with E-state index in [9.17, 15) is 0 Å². The third kappa shape index (κ3) is 8.28. The fourth-order valence-corrected chi connectivity index (χ4v) is 2.70. The van der Waals surface area contributed by atoms with E-state index in [1.807, 2.05) is 37.4 Å². The minimum atomic E-state index is -3.04. The molecule has 160 valence electrons. The van der Waals surface area contributed by atoms with Crippen LogP contribution in [0.4, 0.5) is 0 Å². The summed E-state index contributed by atoms with van der Waals surface area (Å²) in [4.78, 5) is 21.6. The Bertz CT molecular complexity index is 966. The Hall–Kier alpha value is -2.19. The Morgan fingerprint density at radius 3 is 2.40 bits per heavy atom. The minimum Gasteiger partial charge on any atom is -0.565 e. The standard InChI is InChI=1S/C19H17Cl2N3O.HO4P.H2/c1-13-19(21)17(24-12-23-13)4-2-3-14-5-10-18(22-11-14)25-16-8-6-15(20)7-9-16;1-4-5(2)3;/h5-12H,2-4H2,1H3;1H;1H. The quantitative estimate of drug-likeness (QED) is 0.284. The van der Waals surface area contributed by atoms with Gasteiger partial charge in [0.25, 0.3) is 0 Å². The molecule has 3 aromatic rings. The van der Waals surface area contributed by atoms with Crippen LogP contribution in [-0.2, 0) is 22.1 Å². The maximum absolute atomic E-state index is 8.93. The third-order valence-corrected chi connectivity index (χ3v) is 4.69. The summed E-state index contributed by atoms with van der Waals surface area (Å²) in [7, 11) is -3.04. The normalized spacial score (nSPS) is 10.8. The Labute approximate surface area is 185 Å². The summed E-state index contributed by atoms with van der Waals surface area (Å²) in [5.74, 6) is 1.26. The second-order valence-corrected chi connectivity index (χ2v) is 7.36. The van der Waals surface area contributed by atoms with Crippen molar-refractivity contribution in [2.75, 3.05) is 0 Å². The van der Waals surface area contributed by atoms with Gasteiger partial charge in [-0.15, -0.1) is 0 Å². The molecule has 8 nitrogen and oxygen atoms in total. The van der Waals surface area contributed by atoms with Gasteiger partial charge in [-0.1, -0.05) is 29.3 Å². The van der Waals surface area contributed by atoms with Crippen LogP contribution in [0.15, 0.2) is 48.9 Å². The van der Waals surface area contributed by atoms with Gasteiger partial charge in [0.05, 0.1) is 16.4 Å². The average molecular weight is 472 g/mol. The first kappa shape index (κ1) is 24.1. The summed E-state index contributed by atoms with van der Waals surface area (Å²) in [6.45, 7) is 1.89. The SMILES string of the molecule is Cc1ncnc(CCCc2ccc(Oc3ccc(Cl)cc3)nc2)c1Cl.O=[P+]([O-])OO.[HH]. The molecule has 1 aromatic carbocycles. The first-order chi connectivity index (χ1) is 14.4. The van der Waals surface area contributed by atoms with Gasteiger partial charge >= 0.3 is 8.25 Å². The number of rotatable bonds is 7. The number of benzene rings is 1. The molecule has 30 heavy (non-hydrogen) atoms. The zero-order chi connectivity index (χ0) is 21.9. The van der Waals surface area contributed by atoms with Gasteiger partial charge in [0.1, 0.15) is 12.1 Å². The third-order valence-electron chi connectivity index (χ3n) is 3.82. The predicted molar refractivity (Wildman–Crippen MR) is 113 cm³/mol. The molecule has 1 atom stereocenters. The monoisotopic (exact) mass is 471 g/mol. The minimum absolute atomic E-state index is 0. The molecule has 0 radical (unpaired) electrons. The lowest BCUT2D eigenvalue weighted by molar-refractivity contribution is -0.244. The molecular weight excluding hydrogens is 452 g/mol. The molecule has 11 heteroatoms. The van der Waals surface area contributed by atoms with Gasteiger partial charge < -0.3 is 9.63 Å². The van der Waals surface area contributed by atoms with Crippen LogP contribution >= 0.6 is 31.5 Å². The molecule has 0 fully saturated rings. The van der Waals surface area contributed by atoms with Crippen molar-refractivity contribution in [3.05, 3.63) is 75.9 Å². The second kappa shape index (κ2) is 12.5. The number of halogens is 2. The Kier molecular flexibility index (Phi) is 10.0. The van der Waals surface area contributed by atoms with E-state index in [4.69, 9.17) is 42.7 Å². The lowest BCUT2D eigenvalue weighted by Gasteiger charge is -2.07. The van der Waals surface area contributed by atoms with Crippen molar-refractivity contribution in [3.63, 3.8) is 0 Å². The van der Waals surface area contributed by atoms with E-state index in [1.54, 1.807) is 18.5 Å². The maximum Gasteiger partial charge on any atom is 0.521 e. The van der Waals surface area contributed by atoms with E-state index in [0.717, 1.165) is 36.2 Å². The molecule has 1 N–H and O–H groups in total. The molecule has 0 saturated carbocycles. The smallest absolute Gasteiger partial charge is 0.521 e. The van der Waals surface area contributed by atoms with Crippen LogP contribution in [0.3, 0.4) is 0 Å². The molecule has 0 aliphatic rings. The topological polar surface area (TPSA) is 117 Å². The Balaban J connectivity index is 0.000000721. The summed E-state index contributed by atoms with van der Waals surface area (Å²) in [5, 5.41) is 8.38. The highest BCUT2D eigenvalue weighted by molar-refractivity contribution is 7.30. The zero-order valence-corrected chi connectivity index (χ0v) is 18.3. The van der Waals surface area contributed by atoms with Gasteiger partial charge in [-0.3, -0.25) is 0 Å². The fraction of sp³-hybridized carbons (Fsp3) is 0.211. The van der Waals surface area contributed by atoms with Crippen molar-refractivity contribution in [1.29, 1.82) is 0 Å². The van der Waals surface area contributed by atoms with Gasteiger partial charge in [0, 0.05) is 23.4 Å². The fourth-order valence-electron chi connectivity index (χ4n) is 2.38. The highest BCUT2D eigenvalue weighted by Crippen LogP contribution is 2.22. The lowest BCUT2D eigenvalue weighted by Crippen LogP contribution is -1.98. The van der Waals surface area contributed by atoms with Crippen LogP contribution in [0.1, 0.15) is 24.8 Å². The van der Waals surface area contributed by atoms with E-state index < -0.39 is 8.25 Å². The summed E-state index contributed by atoms with van der Waals surface area (Å²) in [5.41, 5.74) is 2.85. The Morgan fingerprint density at radius 1 is 1.10 bits per heavy atom. The molecular formula is C19H20Cl2N3O5P. The van der Waals surface area contributed by atoms with E-state index in [-0.39, 0.29) is 1.43 Å². The van der Waals surface area contributed by atoms with Gasteiger partial charge in [-0.2, -0.15) is 0 Å². The number of hydrogen-bond donors (Lipinski definition) is 1. The number of hydrogen-bond acceptors (Lipinski definition) is 8. The second-order valence-electron chi connectivity index (χ2n) is 5.94. The van der Waals surface area contributed by atoms with E-state index >= 15 is 0 Å². The van der Waals surface area contributed by atoms with Crippen molar-refractivity contribution in [1.82, 2.24) is 15.0 Å². The lowest BCUT2D eigenvalue weighted by atomic mass is 10.1. The van der Waals surface area contributed by atoms with Crippen molar-refractivity contribution >= 4 is 31.5 Å². The first-order valence-electron chi connectivity index (χ1n) is 8.69. The molecule has 1 unspecified atom stereocenters. The summed E-state index contributed by atoms with van der Waals surface area (Å²) in [6.07, 6.45) is 6.03. The van der Waals surface area contributed by atoms with Crippen LogP contribution in [0.2, 0.25) is 10.0 Å². The number of ether oxygens (including phenoxy) is 1. The van der Waals surface area contributed by atoms with Crippen LogP contribution in [-0.4, -0.2) is 20.2 Å². The van der Waals surface area contributed by atoms with E-state index in [2.05, 4.69) is 19.6 Å². The van der Waals surface area contributed by atoms with Crippen molar-refractivity contribution in [2.24, 2.45) is 0 Å². The molecule has 0 aliphatic carbocycles. The van der Waals surface area contributed by atoms with Crippen molar-refractivity contribution in [3.8, 4) is 11.6 Å². The maximum atomic E-state index is 8.93. The van der Waals surface area contributed by atoms with Crippen LogP contribution in [0.5, 0.6) is 11.6 Å². The summed E-state index contributed by atoms with van der Waals surface area (Å²) >= 11 is 12.1. The molecule has 0 aliphatic heterocycles. The largest absolute Gasteiger partial charge is 0.565 e. The highest BCUT2D eigenvalue weighted by Gasteiger charge is 2.06. The molecule has 0 bridgehead atoms. The molecule has 3 rings (SSSR count). The van der Waals surface area contributed by atoms with Crippen molar-refractivity contribution in [2.45, 2.75) is 26.2 Å². The number of aryl methyl sites for hydroxylation is 3. The molecule has 0 amide bonds. The average Bonchev–Trinajstić information content (AvgIpc) is 2.74. The number of pyridine rings is 1. The van der Waals surface area contributed by atoms with Crippen molar-refractivity contribution < 1.29 is 25.6 Å². The summed E-state index contributed by atoms with van der Waals surface area (Å²) < 4.78 is 17.3. The number of aromatic nitrogens is 3. The first-order valence-corrected chi connectivity index (χ1v) is 10.5. The zero-order valence-electron chi connectivity index (χ0n) is 15.9. The Morgan fingerprint density at radius 2 is 1.80 bits per heavy atom. The van der Waals surface area contributed by atoms with Gasteiger partial charge in [0.15, 0.2) is 0 Å². The van der Waals surface area contributed by atoms with Crippen LogP contribution in [0, 0.1) is 6.92 Å². The molecule has 2 heterocycles. The summed E-state index contributed by atoms with van der Waals surface area (Å²) in [6, 6.07) is 11.1. The van der Waals surface area contributed by atoms with E-state index in [1.165, 1.54) is 0 Å². The van der Waals surface area contributed by atoms with Gasteiger partial charge in [0.2, 0.25) is 5.88 Å². The highest BCUT2D eigenvalue weighted by atomic mass is 35.5. The van der Waals surface area contributed by atoms with Gasteiger partial charge in [-0.05, 0) is 60.6 Å². The van der Waals surface area contributed by atoms with Crippen LogP contribution in [0.25, 0.3) is 0 Å². The van der Waals surface area contributed by atoms with Crippen LogP contribution < -0.4 is 9.63 Å². The van der Waals surface area contributed by atoms with E-state index in [0.29, 0.717) is 21.7 Å². The molecule has 2 aromatic heterocycles. The van der Waals surface area contributed by atoms with Gasteiger partial charge in [-0.25, -0.2) is 20.2 Å². The number of nitrogens with zero attached hydrogens (tertiary/aromatic N) is 3.